The van der Waals surface area contributed by atoms with E-state index in [9.17, 15) is 12.8 Å². The number of hydrogen-bond acceptors (Lipinski definition) is 4. The molecule has 1 heterocycles. The molecule has 0 bridgehead atoms. The van der Waals surface area contributed by atoms with Crippen LogP contribution in [0.25, 0.3) is 0 Å². The van der Waals surface area contributed by atoms with Crippen molar-refractivity contribution >= 4 is 10.0 Å². The molecule has 3 aromatic rings. The standard InChI is InChI=1S/C20H23FN4O2S/c1-14(2)16-6-8-18(9-7-16)28(26,27)22-11-10-19-23-20(25-24-19)13-15-4-3-5-17(21)12-15/h3-9,12,14,22H,10-11,13H2,1-2H3,(H,23,24,25). The van der Waals surface area contributed by atoms with Crippen molar-refractivity contribution in [1.29, 1.82) is 0 Å². The minimum atomic E-state index is -3.58. The first-order chi connectivity index (χ1) is 13.3. The Labute approximate surface area is 164 Å². The largest absolute Gasteiger partial charge is 0.263 e. The highest BCUT2D eigenvalue weighted by Gasteiger charge is 2.14. The van der Waals surface area contributed by atoms with Crippen molar-refractivity contribution in [1.82, 2.24) is 19.9 Å². The minimum absolute atomic E-state index is 0.186. The van der Waals surface area contributed by atoms with Crippen LogP contribution in [-0.2, 0) is 22.9 Å². The number of H-pyrrole nitrogens is 1. The summed E-state index contributed by atoms with van der Waals surface area (Å²) in [7, 11) is -3.58. The maximum Gasteiger partial charge on any atom is 0.240 e. The van der Waals surface area contributed by atoms with Crippen LogP contribution in [0.15, 0.2) is 53.4 Å². The summed E-state index contributed by atoms with van der Waals surface area (Å²) in [5, 5.41) is 6.90. The molecule has 0 aliphatic rings. The second-order valence-electron chi connectivity index (χ2n) is 6.88. The third kappa shape index (κ3) is 5.24. The highest BCUT2D eigenvalue weighted by molar-refractivity contribution is 7.89. The van der Waals surface area contributed by atoms with Crippen molar-refractivity contribution in [2.45, 2.75) is 37.5 Å². The van der Waals surface area contributed by atoms with Crippen LogP contribution >= 0.6 is 0 Å². The monoisotopic (exact) mass is 402 g/mol. The Kier molecular flexibility index (Phi) is 6.21. The zero-order valence-electron chi connectivity index (χ0n) is 15.8. The van der Waals surface area contributed by atoms with Crippen LogP contribution in [0.3, 0.4) is 0 Å². The van der Waals surface area contributed by atoms with E-state index in [0.29, 0.717) is 30.4 Å². The van der Waals surface area contributed by atoms with E-state index in [4.69, 9.17) is 0 Å². The second-order valence-corrected chi connectivity index (χ2v) is 8.64. The Morgan fingerprint density at radius 3 is 2.57 bits per heavy atom. The van der Waals surface area contributed by atoms with Gasteiger partial charge in [-0.3, -0.25) is 5.10 Å². The molecule has 0 spiro atoms. The molecule has 2 aromatic carbocycles. The highest BCUT2D eigenvalue weighted by Crippen LogP contribution is 2.17. The second kappa shape index (κ2) is 8.62. The Morgan fingerprint density at radius 1 is 1.14 bits per heavy atom. The summed E-state index contributed by atoms with van der Waals surface area (Å²) >= 11 is 0. The number of hydrogen-bond donors (Lipinski definition) is 2. The van der Waals surface area contributed by atoms with Crippen molar-refractivity contribution < 1.29 is 12.8 Å². The number of aromatic amines is 1. The van der Waals surface area contributed by atoms with Gasteiger partial charge >= 0.3 is 0 Å². The molecule has 1 aromatic heterocycles. The van der Waals surface area contributed by atoms with Gasteiger partial charge in [0.2, 0.25) is 10.0 Å². The van der Waals surface area contributed by atoms with Gasteiger partial charge in [0.1, 0.15) is 11.6 Å². The number of sulfonamides is 1. The average molecular weight is 402 g/mol. The number of benzene rings is 2. The van der Waals surface area contributed by atoms with Gasteiger partial charge in [0.05, 0.1) is 4.90 Å². The summed E-state index contributed by atoms with van der Waals surface area (Å²) in [6, 6.07) is 13.2. The van der Waals surface area contributed by atoms with E-state index < -0.39 is 10.0 Å². The van der Waals surface area contributed by atoms with Crippen LogP contribution in [0.4, 0.5) is 4.39 Å². The maximum atomic E-state index is 13.2. The van der Waals surface area contributed by atoms with E-state index in [1.807, 2.05) is 18.2 Å². The first-order valence-corrected chi connectivity index (χ1v) is 10.6. The molecule has 28 heavy (non-hydrogen) atoms. The van der Waals surface area contributed by atoms with Gasteiger partial charge < -0.3 is 0 Å². The van der Waals surface area contributed by atoms with Crippen LogP contribution in [0.2, 0.25) is 0 Å². The molecule has 148 valence electrons. The van der Waals surface area contributed by atoms with Crippen molar-refractivity contribution in [3.8, 4) is 0 Å². The van der Waals surface area contributed by atoms with E-state index in [2.05, 4.69) is 33.8 Å². The molecule has 0 radical (unpaired) electrons. The van der Waals surface area contributed by atoms with E-state index in [0.717, 1.165) is 11.1 Å². The molecule has 0 atom stereocenters. The molecule has 0 amide bonds. The quantitative estimate of drug-likeness (QED) is 0.606. The number of aromatic nitrogens is 3. The Bertz CT molecular complexity index is 1030. The van der Waals surface area contributed by atoms with Gasteiger partial charge in [-0.25, -0.2) is 22.5 Å². The molecule has 0 aliphatic carbocycles. The minimum Gasteiger partial charge on any atom is -0.263 e. The number of nitrogens with zero attached hydrogens (tertiary/aromatic N) is 2. The van der Waals surface area contributed by atoms with E-state index in [-0.39, 0.29) is 17.3 Å². The summed E-state index contributed by atoms with van der Waals surface area (Å²) in [4.78, 5) is 4.57. The van der Waals surface area contributed by atoms with Crippen molar-refractivity contribution in [2.75, 3.05) is 6.54 Å². The lowest BCUT2D eigenvalue weighted by Crippen LogP contribution is -2.26. The third-order valence-corrected chi connectivity index (χ3v) is 5.81. The predicted molar refractivity (Wildman–Crippen MR) is 105 cm³/mol. The topological polar surface area (TPSA) is 87.7 Å². The van der Waals surface area contributed by atoms with Crippen molar-refractivity contribution in [3.05, 3.63) is 77.1 Å². The van der Waals surface area contributed by atoms with Crippen molar-refractivity contribution in [2.24, 2.45) is 0 Å². The fourth-order valence-electron chi connectivity index (χ4n) is 2.78. The summed E-state index contributed by atoms with van der Waals surface area (Å²) in [5.41, 5.74) is 1.87. The maximum absolute atomic E-state index is 13.2. The van der Waals surface area contributed by atoms with Gasteiger partial charge in [-0.05, 0) is 41.3 Å². The molecule has 0 fully saturated rings. The van der Waals surface area contributed by atoms with E-state index in [1.54, 1.807) is 18.2 Å². The molecular formula is C20H23FN4O2S. The fourth-order valence-corrected chi connectivity index (χ4v) is 3.81. The number of rotatable bonds is 8. The molecule has 0 unspecified atom stereocenters. The first kappa shape index (κ1) is 20.2. The molecule has 2 N–H and O–H groups in total. The van der Waals surface area contributed by atoms with E-state index in [1.165, 1.54) is 12.1 Å². The van der Waals surface area contributed by atoms with Crippen LogP contribution in [0.1, 0.15) is 42.5 Å². The van der Waals surface area contributed by atoms with Gasteiger partial charge in [0, 0.05) is 19.4 Å². The fraction of sp³-hybridized carbons (Fsp3) is 0.300. The summed E-state index contributed by atoms with van der Waals surface area (Å²) in [6.45, 7) is 4.30. The summed E-state index contributed by atoms with van der Waals surface area (Å²) < 4.78 is 40.6. The molecule has 0 aliphatic heterocycles. The SMILES string of the molecule is CC(C)c1ccc(S(=O)(=O)NCCc2n[nH]c(Cc3cccc(F)c3)n2)cc1. The van der Waals surface area contributed by atoms with Gasteiger partial charge in [-0.15, -0.1) is 0 Å². The lowest BCUT2D eigenvalue weighted by Gasteiger charge is -2.08. The molecule has 0 saturated carbocycles. The molecule has 8 heteroatoms. The molecule has 3 rings (SSSR count). The zero-order chi connectivity index (χ0) is 20.1. The highest BCUT2D eigenvalue weighted by atomic mass is 32.2. The Hall–Kier alpha value is -2.58. The van der Waals surface area contributed by atoms with Gasteiger partial charge in [0.15, 0.2) is 5.82 Å². The van der Waals surface area contributed by atoms with Gasteiger partial charge in [-0.2, -0.15) is 5.10 Å². The smallest absolute Gasteiger partial charge is 0.240 e. The van der Waals surface area contributed by atoms with E-state index >= 15 is 0 Å². The summed E-state index contributed by atoms with van der Waals surface area (Å²) in [5.74, 6) is 1.15. The molecular weight excluding hydrogens is 379 g/mol. The summed E-state index contributed by atoms with van der Waals surface area (Å²) in [6.07, 6.45) is 0.779. The molecule has 0 saturated heterocycles. The zero-order valence-corrected chi connectivity index (χ0v) is 16.6. The van der Waals surface area contributed by atoms with Crippen LogP contribution < -0.4 is 4.72 Å². The lowest BCUT2D eigenvalue weighted by molar-refractivity contribution is 0.581. The van der Waals surface area contributed by atoms with Crippen LogP contribution in [0, 0.1) is 5.82 Å². The molecule has 6 nitrogen and oxygen atoms in total. The van der Waals surface area contributed by atoms with Crippen LogP contribution in [0.5, 0.6) is 0 Å². The Morgan fingerprint density at radius 2 is 1.89 bits per heavy atom. The van der Waals surface area contributed by atoms with Gasteiger partial charge in [0.25, 0.3) is 0 Å². The Balaban J connectivity index is 1.55. The third-order valence-electron chi connectivity index (χ3n) is 4.34. The predicted octanol–water partition coefficient (Wildman–Crippen LogP) is 3.18. The number of nitrogens with one attached hydrogen (secondary N) is 2. The normalized spacial score (nSPS) is 11.9. The van der Waals surface area contributed by atoms with Gasteiger partial charge in [-0.1, -0.05) is 38.1 Å². The lowest BCUT2D eigenvalue weighted by atomic mass is 10.0. The average Bonchev–Trinajstić information content (AvgIpc) is 3.09. The number of halogens is 1. The first-order valence-electron chi connectivity index (χ1n) is 9.08. The van der Waals surface area contributed by atoms with Crippen LogP contribution in [-0.4, -0.2) is 30.1 Å². The van der Waals surface area contributed by atoms with Crippen molar-refractivity contribution in [3.63, 3.8) is 0 Å².